The highest BCUT2D eigenvalue weighted by Gasteiger charge is 1.96. The molecule has 0 radical (unpaired) electrons. The van der Waals surface area contributed by atoms with Crippen LogP contribution in [0.2, 0.25) is 0 Å². The highest BCUT2D eigenvalue weighted by molar-refractivity contribution is 9.10. The van der Waals surface area contributed by atoms with E-state index >= 15 is 0 Å². The number of halogens is 1. The maximum Gasteiger partial charge on any atom is 0.247 e. The van der Waals surface area contributed by atoms with Crippen molar-refractivity contribution in [3.05, 3.63) is 29.8 Å². The third-order valence-electron chi connectivity index (χ3n) is 1.07. The third kappa shape index (κ3) is 2.43. The van der Waals surface area contributed by atoms with Gasteiger partial charge in [-0.1, -0.05) is 6.58 Å². The van der Waals surface area contributed by atoms with Crippen LogP contribution in [-0.2, 0) is 4.79 Å². The smallest absolute Gasteiger partial charge is 0.247 e. The SMILES string of the molecule is C=CC(=O)Nc1cnc(Br)nc1. The van der Waals surface area contributed by atoms with Crippen molar-refractivity contribution in [3.8, 4) is 0 Å². The first-order valence-corrected chi connectivity index (χ1v) is 3.92. The van der Waals surface area contributed by atoms with E-state index in [1.807, 2.05) is 0 Å². The van der Waals surface area contributed by atoms with Crippen LogP contribution in [0.25, 0.3) is 0 Å². The number of nitrogens with zero attached hydrogens (tertiary/aromatic N) is 2. The Bertz CT molecular complexity index is 296. The predicted octanol–water partition coefficient (Wildman–Crippen LogP) is 1.36. The van der Waals surface area contributed by atoms with Crippen LogP contribution in [0.1, 0.15) is 0 Å². The average molecular weight is 228 g/mol. The van der Waals surface area contributed by atoms with Crippen molar-refractivity contribution in [1.82, 2.24) is 9.97 Å². The highest BCUT2D eigenvalue weighted by atomic mass is 79.9. The fourth-order valence-electron chi connectivity index (χ4n) is 0.570. The summed E-state index contributed by atoms with van der Waals surface area (Å²) in [5, 5.41) is 2.52. The summed E-state index contributed by atoms with van der Waals surface area (Å²) in [6.45, 7) is 3.31. The van der Waals surface area contributed by atoms with Crippen molar-refractivity contribution in [3.63, 3.8) is 0 Å². The zero-order valence-electron chi connectivity index (χ0n) is 6.12. The number of hydrogen-bond acceptors (Lipinski definition) is 3. The number of carbonyl (C=O) groups excluding carboxylic acids is 1. The Morgan fingerprint density at radius 3 is 2.67 bits per heavy atom. The number of aromatic nitrogens is 2. The van der Waals surface area contributed by atoms with Crippen LogP contribution >= 0.6 is 15.9 Å². The van der Waals surface area contributed by atoms with Gasteiger partial charge in [0.1, 0.15) is 0 Å². The molecule has 0 aromatic carbocycles. The van der Waals surface area contributed by atoms with Gasteiger partial charge in [-0.2, -0.15) is 0 Å². The maximum absolute atomic E-state index is 10.8. The zero-order valence-corrected chi connectivity index (χ0v) is 7.71. The fourth-order valence-corrected chi connectivity index (χ4v) is 0.775. The summed E-state index contributed by atoms with van der Waals surface area (Å²) in [5.41, 5.74) is 0.545. The minimum atomic E-state index is -0.277. The molecule has 0 fully saturated rings. The van der Waals surface area contributed by atoms with Gasteiger partial charge in [0, 0.05) is 0 Å². The molecule has 0 saturated carbocycles. The Balaban J connectivity index is 2.71. The highest BCUT2D eigenvalue weighted by Crippen LogP contribution is 2.05. The fraction of sp³-hybridized carbons (Fsp3) is 0. The van der Waals surface area contributed by atoms with Crippen LogP contribution in [0, 0.1) is 0 Å². The molecule has 0 bridgehead atoms. The van der Waals surface area contributed by atoms with E-state index in [-0.39, 0.29) is 5.91 Å². The van der Waals surface area contributed by atoms with Gasteiger partial charge in [-0.3, -0.25) is 4.79 Å². The van der Waals surface area contributed by atoms with Crippen LogP contribution < -0.4 is 5.32 Å². The standard InChI is InChI=1S/C7H6BrN3O/c1-2-6(12)11-5-3-9-7(8)10-4-5/h2-4H,1H2,(H,11,12). The molecule has 1 heterocycles. The second kappa shape index (κ2) is 3.96. The Morgan fingerprint density at radius 1 is 1.58 bits per heavy atom. The minimum Gasteiger partial charge on any atom is -0.320 e. The zero-order chi connectivity index (χ0) is 8.97. The van der Waals surface area contributed by atoms with E-state index in [1.165, 1.54) is 18.5 Å². The molecule has 1 N–H and O–H groups in total. The second-order valence-electron chi connectivity index (χ2n) is 1.93. The van der Waals surface area contributed by atoms with Crippen LogP contribution in [0.4, 0.5) is 5.69 Å². The molecular formula is C7H6BrN3O. The van der Waals surface area contributed by atoms with Gasteiger partial charge < -0.3 is 5.32 Å². The van der Waals surface area contributed by atoms with E-state index in [0.717, 1.165) is 0 Å². The predicted molar refractivity (Wildman–Crippen MR) is 48.6 cm³/mol. The van der Waals surface area contributed by atoms with Crippen molar-refractivity contribution in [2.75, 3.05) is 5.32 Å². The van der Waals surface area contributed by atoms with E-state index in [0.29, 0.717) is 10.4 Å². The van der Waals surface area contributed by atoms with Crippen LogP contribution in [-0.4, -0.2) is 15.9 Å². The molecule has 62 valence electrons. The lowest BCUT2D eigenvalue weighted by Gasteiger charge is -1.98. The molecule has 0 spiro atoms. The Morgan fingerprint density at radius 2 is 2.17 bits per heavy atom. The van der Waals surface area contributed by atoms with Gasteiger partial charge in [-0.05, 0) is 22.0 Å². The topological polar surface area (TPSA) is 54.9 Å². The first kappa shape index (κ1) is 8.86. The summed E-state index contributed by atoms with van der Waals surface area (Å²) in [6, 6.07) is 0. The van der Waals surface area contributed by atoms with E-state index in [4.69, 9.17) is 0 Å². The molecule has 1 amide bonds. The summed E-state index contributed by atoms with van der Waals surface area (Å²) < 4.78 is 0.485. The molecule has 1 aromatic rings. The summed E-state index contributed by atoms with van der Waals surface area (Å²) in [4.78, 5) is 18.4. The quantitative estimate of drug-likeness (QED) is 0.614. The first-order chi connectivity index (χ1) is 5.72. The monoisotopic (exact) mass is 227 g/mol. The number of nitrogens with one attached hydrogen (secondary N) is 1. The average Bonchev–Trinajstić information content (AvgIpc) is 2.09. The number of carbonyl (C=O) groups is 1. The Hall–Kier alpha value is -1.23. The van der Waals surface area contributed by atoms with Gasteiger partial charge in [-0.15, -0.1) is 0 Å². The van der Waals surface area contributed by atoms with Gasteiger partial charge in [0.2, 0.25) is 5.91 Å². The molecule has 0 unspecified atom stereocenters. The van der Waals surface area contributed by atoms with Gasteiger partial charge >= 0.3 is 0 Å². The van der Waals surface area contributed by atoms with Crippen LogP contribution in [0.15, 0.2) is 29.8 Å². The molecular weight excluding hydrogens is 222 g/mol. The lowest BCUT2D eigenvalue weighted by molar-refractivity contribution is -0.111. The maximum atomic E-state index is 10.8. The van der Waals surface area contributed by atoms with Crippen LogP contribution in [0.3, 0.4) is 0 Å². The van der Waals surface area contributed by atoms with E-state index in [9.17, 15) is 4.79 Å². The van der Waals surface area contributed by atoms with Crippen molar-refractivity contribution in [1.29, 1.82) is 0 Å². The molecule has 0 aliphatic rings. The van der Waals surface area contributed by atoms with Crippen molar-refractivity contribution in [2.45, 2.75) is 0 Å². The van der Waals surface area contributed by atoms with Gasteiger partial charge in [0.25, 0.3) is 0 Å². The lowest BCUT2D eigenvalue weighted by Crippen LogP contribution is -2.07. The summed E-state index contributed by atoms with van der Waals surface area (Å²) in [7, 11) is 0. The Labute approximate surface area is 77.9 Å². The van der Waals surface area contributed by atoms with Gasteiger partial charge in [0.15, 0.2) is 4.73 Å². The second-order valence-corrected chi connectivity index (χ2v) is 2.64. The molecule has 1 aromatic heterocycles. The molecule has 0 atom stereocenters. The number of amides is 1. The number of rotatable bonds is 2. The van der Waals surface area contributed by atoms with E-state index in [2.05, 4.69) is 37.8 Å². The largest absolute Gasteiger partial charge is 0.320 e. The molecule has 0 saturated heterocycles. The molecule has 0 aliphatic heterocycles. The molecule has 12 heavy (non-hydrogen) atoms. The number of anilines is 1. The third-order valence-corrected chi connectivity index (χ3v) is 1.48. The number of hydrogen-bond donors (Lipinski definition) is 1. The van der Waals surface area contributed by atoms with E-state index < -0.39 is 0 Å². The Kier molecular flexibility index (Phi) is 2.93. The van der Waals surface area contributed by atoms with E-state index in [1.54, 1.807) is 0 Å². The molecule has 1 rings (SSSR count). The molecule has 5 heteroatoms. The lowest BCUT2D eigenvalue weighted by atomic mass is 10.5. The molecule has 4 nitrogen and oxygen atoms in total. The first-order valence-electron chi connectivity index (χ1n) is 3.13. The van der Waals surface area contributed by atoms with Crippen molar-refractivity contribution in [2.24, 2.45) is 0 Å². The molecule has 0 aliphatic carbocycles. The summed E-state index contributed by atoms with van der Waals surface area (Å²) >= 11 is 3.07. The summed E-state index contributed by atoms with van der Waals surface area (Å²) in [5.74, 6) is -0.277. The van der Waals surface area contributed by atoms with Gasteiger partial charge in [-0.25, -0.2) is 9.97 Å². The minimum absolute atomic E-state index is 0.277. The normalized spacial score (nSPS) is 9.08. The van der Waals surface area contributed by atoms with Crippen molar-refractivity contribution >= 4 is 27.5 Å². The summed E-state index contributed by atoms with van der Waals surface area (Å²) in [6.07, 6.45) is 4.18. The van der Waals surface area contributed by atoms with Crippen molar-refractivity contribution < 1.29 is 4.79 Å². The van der Waals surface area contributed by atoms with Crippen LogP contribution in [0.5, 0.6) is 0 Å². The van der Waals surface area contributed by atoms with Gasteiger partial charge in [0.05, 0.1) is 18.1 Å².